The van der Waals surface area contributed by atoms with Gasteiger partial charge in [0, 0.05) is 19.8 Å². The first kappa shape index (κ1) is 12.4. The van der Waals surface area contributed by atoms with Crippen molar-refractivity contribution in [3.8, 4) is 0 Å². The van der Waals surface area contributed by atoms with Crippen LogP contribution in [0.5, 0.6) is 0 Å². The Morgan fingerprint density at radius 3 is 2.72 bits per heavy atom. The summed E-state index contributed by atoms with van der Waals surface area (Å²) >= 11 is 0. The molecule has 0 aliphatic carbocycles. The van der Waals surface area contributed by atoms with E-state index >= 15 is 0 Å². The van der Waals surface area contributed by atoms with Gasteiger partial charge in [-0.1, -0.05) is 6.92 Å². The van der Waals surface area contributed by atoms with Crippen LogP contribution >= 0.6 is 0 Å². The van der Waals surface area contributed by atoms with Gasteiger partial charge in [0.25, 0.3) is 0 Å². The Kier molecular flexibility index (Phi) is 3.82. The summed E-state index contributed by atoms with van der Waals surface area (Å²) < 4.78 is 1.82. The maximum atomic E-state index is 4.40. The molecule has 2 aromatic heterocycles. The first-order valence-corrected chi connectivity index (χ1v) is 6.21. The monoisotopic (exact) mass is 245 g/mol. The van der Waals surface area contributed by atoms with E-state index in [1.54, 1.807) is 0 Å². The first-order chi connectivity index (χ1) is 8.72. The van der Waals surface area contributed by atoms with E-state index in [0.29, 0.717) is 0 Å². The van der Waals surface area contributed by atoms with Gasteiger partial charge >= 0.3 is 0 Å². The zero-order chi connectivity index (χ0) is 13.0. The highest BCUT2D eigenvalue weighted by Crippen LogP contribution is 2.21. The van der Waals surface area contributed by atoms with Crippen molar-refractivity contribution in [2.75, 3.05) is 17.2 Å². The highest BCUT2D eigenvalue weighted by Gasteiger charge is 2.06. The van der Waals surface area contributed by atoms with Gasteiger partial charge < -0.3 is 10.6 Å². The van der Waals surface area contributed by atoms with Crippen molar-refractivity contribution >= 4 is 17.1 Å². The third-order valence-corrected chi connectivity index (χ3v) is 2.64. The van der Waals surface area contributed by atoms with Gasteiger partial charge in [0.2, 0.25) is 0 Å². The summed E-state index contributed by atoms with van der Waals surface area (Å²) in [5.74, 6) is 0. The Hall–Kier alpha value is -2.04. The quantitative estimate of drug-likeness (QED) is 0.850. The van der Waals surface area contributed by atoms with E-state index < -0.39 is 0 Å². The molecule has 5 nitrogen and oxygen atoms in total. The predicted molar refractivity (Wildman–Crippen MR) is 74.3 cm³/mol. The number of hydrogen-bond donors (Lipinski definition) is 2. The van der Waals surface area contributed by atoms with Crippen LogP contribution in [-0.2, 0) is 13.5 Å². The summed E-state index contributed by atoms with van der Waals surface area (Å²) in [6, 6.07) is 2.04. The van der Waals surface area contributed by atoms with Crippen LogP contribution in [0, 0.1) is 0 Å². The Labute approximate surface area is 107 Å². The Morgan fingerprint density at radius 1 is 1.22 bits per heavy atom. The van der Waals surface area contributed by atoms with E-state index in [0.717, 1.165) is 35.7 Å². The molecule has 0 amide bonds. The van der Waals surface area contributed by atoms with Gasteiger partial charge in [0.05, 0.1) is 35.1 Å². The molecule has 96 valence electrons. The van der Waals surface area contributed by atoms with Crippen molar-refractivity contribution in [3.05, 3.63) is 30.4 Å². The molecule has 0 atom stereocenters. The van der Waals surface area contributed by atoms with Gasteiger partial charge in [-0.3, -0.25) is 9.67 Å². The van der Waals surface area contributed by atoms with Crippen LogP contribution in [0.25, 0.3) is 0 Å². The second kappa shape index (κ2) is 5.53. The van der Waals surface area contributed by atoms with Crippen LogP contribution in [0.15, 0.2) is 24.7 Å². The van der Waals surface area contributed by atoms with Gasteiger partial charge in [-0.05, 0) is 19.4 Å². The average molecular weight is 245 g/mol. The molecular weight excluding hydrogens is 226 g/mol. The molecule has 0 saturated heterocycles. The van der Waals surface area contributed by atoms with E-state index in [2.05, 4.69) is 34.6 Å². The van der Waals surface area contributed by atoms with Gasteiger partial charge in [0.1, 0.15) is 0 Å². The highest BCUT2D eigenvalue weighted by molar-refractivity contribution is 5.64. The predicted octanol–water partition coefficient (Wildman–Crippen LogP) is 2.55. The smallest absolute Gasteiger partial charge is 0.0856 e. The number of aromatic nitrogens is 3. The number of nitrogens with zero attached hydrogens (tertiary/aromatic N) is 3. The molecule has 0 radical (unpaired) electrons. The second-order valence-corrected chi connectivity index (χ2v) is 4.13. The fourth-order valence-electron chi connectivity index (χ4n) is 1.86. The topological polar surface area (TPSA) is 54.8 Å². The zero-order valence-electron chi connectivity index (χ0n) is 11.1. The van der Waals surface area contributed by atoms with E-state index in [1.807, 2.05) is 36.4 Å². The van der Waals surface area contributed by atoms with Crippen molar-refractivity contribution in [3.63, 3.8) is 0 Å². The maximum absolute atomic E-state index is 4.40. The average Bonchev–Trinajstić information content (AvgIpc) is 2.70. The summed E-state index contributed by atoms with van der Waals surface area (Å²) in [5.41, 5.74) is 4.09. The van der Waals surface area contributed by atoms with Crippen molar-refractivity contribution in [1.29, 1.82) is 0 Å². The molecule has 2 heterocycles. The molecule has 5 heteroatoms. The van der Waals surface area contributed by atoms with Crippen LogP contribution < -0.4 is 10.6 Å². The molecule has 0 fully saturated rings. The fourth-order valence-corrected chi connectivity index (χ4v) is 1.86. The Morgan fingerprint density at radius 2 is 2.00 bits per heavy atom. The summed E-state index contributed by atoms with van der Waals surface area (Å²) in [6.07, 6.45) is 6.52. The van der Waals surface area contributed by atoms with E-state index in [9.17, 15) is 0 Å². The molecule has 0 aliphatic heterocycles. The number of aryl methyl sites for hydroxylation is 2. The van der Waals surface area contributed by atoms with Crippen molar-refractivity contribution in [2.45, 2.75) is 20.3 Å². The molecular formula is C13H19N5. The molecule has 2 aromatic rings. The normalized spacial score (nSPS) is 10.4. The molecule has 0 bridgehead atoms. The minimum atomic E-state index is 0.887. The van der Waals surface area contributed by atoms with Gasteiger partial charge in [-0.15, -0.1) is 0 Å². The summed E-state index contributed by atoms with van der Waals surface area (Å²) in [7, 11) is 1.93. The number of pyridine rings is 1. The standard InChI is InChI=1S/C13H19N5/c1-4-12-13(9-18(3)17-12)16-11-6-10(15-5-2)7-14-8-11/h6-9,15-16H,4-5H2,1-3H3. The lowest BCUT2D eigenvalue weighted by Crippen LogP contribution is -1.99. The van der Waals surface area contributed by atoms with Crippen LogP contribution in [0.1, 0.15) is 19.5 Å². The largest absolute Gasteiger partial charge is 0.384 e. The van der Waals surface area contributed by atoms with Crippen molar-refractivity contribution < 1.29 is 0 Å². The van der Waals surface area contributed by atoms with E-state index in [1.165, 1.54) is 0 Å². The maximum Gasteiger partial charge on any atom is 0.0856 e. The third kappa shape index (κ3) is 2.80. The molecule has 0 aromatic carbocycles. The van der Waals surface area contributed by atoms with Gasteiger partial charge in [-0.25, -0.2) is 0 Å². The second-order valence-electron chi connectivity index (χ2n) is 4.13. The number of nitrogens with one attached hydrogen (secondary N) is 2. The van der Waals surface area contributed by atoms with Crippen LogP contribution in [0.3, 0.4) is 0 Å². The van der Waals surface area contributed by atoms with Crippen LogP contribution in [0.4, 0.5) is 17.1 Å². The fraction of sp³-hybridized carbons (Fsp3) is 0.385. The Bertz CT molecular complexity index is 518. The Balaban J connectivity index is 2.19. The van der Waals surface area contributed by atoms with Gasteiger partial charge in [0.15, 0.2) is 0 Å². The first-order valence-electron chi connectivity index (χ1n) is 6.21. The van der Waals surface area contributed by atoms with Crippen LogP contribution in [-0.4, -0.2) is 21.3 Å². The SMILES string of the molecule is CCNc1cncc(Nc2cn(C)nc2CC)c1. The number of anilines is 3. The highest BCUT2D eigenvalue weighted by atomic mass is 15.3. The lowest BCUT2D eigenvalue weighted by atomic mass is 10.3. The molecule has 2 N–H and O–H groups in total. The lowest BCUT2D eigenvalue weighted by Gasteiger charge is -2.08. The molecule has 0 saturated carbocycles. The van der Waals surface area contributed by atoms with E-state index in [4.69, 9.17) is 0 Å². The minimum absolute atomic E-state index is 0.887. The molecule has 18 heavy (non-hydrogen) atoms. The van der Waals surface area contributed by atoms with E-state index in [-0.39, 0.29) is 0 Å². The minimum Gasteiger partial charge on any atom is -0.384 e. The third-order valence-electron chi connectivity index (χ3n) is 2.64. The van der Waals surface area contributed by atoms with Crippen LogP contribution in [0.2, 0.25) is 0 Å². The molecule has 2 rings (SSSR count). The lowest BCUT2D eigenvalue weighted by molar-refractivity contribution is 0.746. The zero-order valence-corrected chi connectivity index (χ0v) is 11.1. The summed E-state index contributed by atoms with van der Waals surface area (Å²) in [6.45, 7) is 5.05. The van der Waals surface area contributed by atoms with Crippen molar-refractivity contribution in [1.82, 2.24) is 14.8 Å². The number of hydrogen-bond acceptors (Lipinski definition) is 4. The number of rotatable bonds is 5. The van der Waals surface area contributed by atoms with Crippen molar-refractivity contribution in [2.24, 2.45) is 7.05 Å². The molecule has 0 spiro atoms. The molecule has 0 aliphatic rings. The summed E-state index contributed by atoms with van der Waals surface area (Å²) in [5, 5.41) is 11.0. The van der Waals surface area contributed by atoms with Gasteiger partial charge in [-0.2, -0.15) is 5.10 Å². The summed E-state index contributed by atoms with van der Waals surface area (Å²) in [4.78, 5) is 4.21. The molecule has 0 unspecified atom stereocenters.